The number of rotatable bonds is 11. The second kappa shape index (κ2) is 13.7. The van der Waals surface area contributed by atoms with E-state index in [1.807, 2.05) is 61.5 Å². The van der Waals surface area contributed by atoms with Gasteiger partial charge in [0.25, 0.3) is 10.0 Å². The van der Waals surface area contributed by atoms with Crippen LogP contribution in [0.4, 0.5) is 5.69 Å². The van der Waals surface area contributed by atoms with Gasteiger partial charge in [-0.1, -0.05) is 64.0 Å². The van der Waals surface area contributed by atoms with E-state index in [1.54, 1.807) is 43.3 Å². The largest absolute Gasteiger partial charge is 0.457 e. The zero-order valence-corrected chi connectivity index (χ0v) is 25.9. The lowest BCUT2D eigenvalue weighted by Crippen LogP contribution is -2.50. The van der Waals surface area contributed by atoms with E-state index >= 15 is 0 Å². The number of nitrogens with zero attached hydrogens (tertiary/aromatic N) is 2. The Labute approximate surface area is 255 Å². The smallest absolute Gasteiger partial charge is 0.264 e. The maximum Gasteiger partial charge on any atom is 0.264 e. The van der Waals surface area contributed by atoms with E-state index in [0.717, 1.165) is 19.9 Å². The molecule has 0 aliphatic rings. The maximum atomic E-state index is 14.0. The number of carbonyl (C=O) groups is 2. The number of sulfonamides is 1. The van der Waals surface area contributed by atoms with Crippen molar-refractivity contribution in [3.63, 3.8) is 0 Å². The fourth-order valence-corrected chi connectivity index (χ4v) is 5.93. The number of aryl methyl sites for hydroxylation is 1. The Kier molecular flexibility index (Phi) is 10.0. The molecule has 218 valence electrons. The molecule has 4 rings (SSSR count). The van der Waals surface area contributed by atoms with Crippen molar-refractivity contribution in [2.45, 2.75) is 31.3 Å². The lowest BCUT2D eigenvalue weighted by Gasteiger charge is -2.31. The van der Waals surface area contributed by atoms with Gasteiger partial charge in [0.15, 0.2) is 0 Å². The predicted molar refractivity (Wildman–Crippen MR) is 167 cm³/mol. The normalized spacial score (nSPS) is 11.8. The van der Waals surface area contributed by atoms with Gasteiger partial charge in [-0.15, -0.1) is 0 Å². The van der Waals surface area contributed by atoms with Crippen molar-refractivity contribution in [1.29, 1.82) is 0 Å². The van der Waals surface area contributed by atoms with Crippen LogP contribution in [-0.2, 0) is 26.2 Å². The Bertz CT molecular complexity index is 1610. The van der Waals surface area contributed by atoms with Crippen molar-refractivity contribution >= 4 is 43.5 Å². The average molecular weight is 651 g/mol. The molecule has 2 amide bonds. The molecule has 0 saturated heterocycles. The molecule has 1 N–H and O–H groups in total. The fraction of sp³-hybridized carbons (Fsp3) is 0.188. The predicted octanol–water partition coefficient (Wildman–Crippen LogP) is 5.91. The second-order valence-corrected chi connectivity index (χ2v) is 12.5. The summed E-state index contributed by atoms with van der Waals surface area (Å²) in [4.78, 5) is 28.0. The number of ether oxygens (including phenoxy) is 1. The summed E-state index contributed by atoms with van der Waals surface area (Å²) < 4.78 is 35.8. The molecule has 0 unspecified atom stereocenters. The Morgan fingerprint density at radius 2 is 1.45 bits per heavy atom. The van der Waals surface area contributed by atoms with Crippen molar-refractivity contribution in [1.82, 2.24) is 10.2 Å². The highest BCUT2D eigenvalue weighted by Crippen LogP contribution is 2.29. The van der Waals surface area contributed by atoms with Crippen LogP contribution >= 0.6 is 15.9 Å². The van der Waals surface area contributed by atoms with Crippen LogP contribution in [-0.4, -0.2) is 44.8 Å². The minimum atomic E-state index is -4.16. The van der Waals surface area contributed by atoms with E-state index in [9.17, 15) is 18.0 Å². The third-order valence-electron chi connectivity index (χ3n) is 6.67. The number of benzene rings is 4. The van der Waals surface area contributed by atoms with E-state index in [0.29, 0.717) is 11.5 Å². The highest BCUT2D eigenvalue weighted by molar-refractivity contribution is 9.10. The highest BCUT2D eigenvalue weighted by atomic mass is 79.9. The average Bonchev–Trinajstić information content (AvgIpc) is 3.00. The molecule has 0 fully saturated rings. The molecule has 4 aromatic carbocycles. The van der Waals surface area contributed by atoms with Gasteiger partial charge in [-0.05, 0) is 80.1 Å². The van der Waals surface area contributed by atoms with Gasteiger partial charge in [-0.25, -0.2) is 8.42 Å². The first-order chi connectivity index (χ1) is 20.1. The van der Waals surface area contributed by atoms with Crippen molar-refractivity contribution < 1.29 is 22.7 Å². The summed E-state index contributed by atoms with van der Waals surface area (Å²) in [5.74, 6) is 0.246. The van der Waals surface area contributed by atoms with Crippen LogP contribution in [0.5, 0.6) is 11.5 Å². The molecule has 1 atom stereocenters. The van der Waals surface area contributed by atoms with Gasteiger partial charge in [-0.2, -0.15) is 0 Å². The van der Waals surface area contributed by atoms with Crippen molar-refractivity contribution in [3.05, 3.63) is 119 Å². The molecule has 0 saturated carbocycles. The van der Waals surface area contributed by atoms with Gasteiger partial charge in [-0.3, -0.25) is 13.9 Å². The summed E-state index contributed by atoms with van der Waals surface area (Å²) in [7, 11) is -2.67. The third-order valence-corrected chi connectivity index (χ3v) is 8.99. The number of para-hydroxylation sites is 1. The number of nitrogens with one attached hydrogen (secondary N) is 1. The van der Waals surface area contributed by atoms with Crippen LogP contribution in [0.1, 0.15) is 18.1 Å². The topological polar surface area (TPSA) is 96.0 Å². The van der Waals surface area contributed by atoms with Crippen LogP contribution in [0.25, 0.3) is 0 Å². The Morgan fingerprint density at radius 3 is 2.05 bits per heavy atom. The molecule has 0 spiro atoms. The number of likely N-dealkylation sites (N-methyl/N-ethyl adjacent to an activating group) is 1. The van der Waals surface area contributed by atoms with Crippen molar-refractivity contribution in [2.24, 2.45) is 0 Å². The fourth-order valence-electron chi connectivity index (χ4n) is 4.25. The van der Waals surface area contributed by atoms with E-state index in [4.69, 9.17) is 4.74 Å². The summed E-state index contributed by atoms with van der Waals surface area (Å²) in [6.45, 7) is 3.07. The number of hydrogen-bond acceptors (Lipinski definition) is 5. The van der Waals surface area contributed by atoms with Gasteiger partial charge in [0.05, 0.1) is 10.6 Å². The van der Waals surface area contributed by atoms with Crippen LogP contribution < -0.4 is 14.4 Å². The van der Waals surface area contributed by atoms with Crippen LogP contribution in [0.2, 0.25) is 0 Å². The third kappa shape index (κ3) is 7.57. The lowest BCUT2D eigenvalue weighted by molar-refractivity contribution is -0.139. The van der Waals surface area contributed by atoms with Gasteiger partial charge in [0.2, 0.25) is 11.8 Å². The van der Waals surface area contributed by atoms with Gasteiger partial charge >= 0.3 is 0 Å². The molecular weight excluding hydrogens is 618 g/mol. The van der Waals surface area contributed by atoms with Gasteiger partial charge in [0.1, 0.15) is 24.1 Å². The quantitative estimate of drug-likeness (QED) is 0.218. The summed E-state index contributed by atoms with van der Waals surface area (Å²) in [6, 6.07) is 28.7. The van der Waals surface area contributed by atoms with Crippen LogP contribution in [0.15, 0.2) is 112 Å². The molecular formula is C32H32BrN3O5S. The van der Waals surface area contributed by atoms with E-state index in [2.05, 4.69) is 21.2 Å². The Morgan fingerprint density at radius 1 is 0.857 bits per heavy atom. The molecule has 4 aromatic rings. The first-order valence-corrected chi connectivity index (χ1v) is 15.5. The first kappa shape index (κ1) is 30.8. The van der Waals surface area contributed by atoms with E-state index in [1.165, 1.54) is 24.1 Å². The molecule has 0 bridgehead atoms. The number of carbonyl (C=O) groups excluding carboxylic acids is 2. The molecule has 42 heavy (non-hydrogen) atoms. The Hall–Kier alpha value is -4.15. The first-order valence-electron chi connectivity index (χ1n) is 13.3. The molecule has 10 heteroatoms. The van der Waals surface area contributed by atoms with Crippen LogP contribution in [0, 0.1) is 6.92 Å². The van der Waals surface area contributed by atoms with E-state index in [-0.39, 0.29) is 23.0 Å². The zero-order chi connectivity index (χ0) is 30.3. The standard InChI is InChI=1S/C32H32BrN3O5S/c1-23-9-19-30(20-10-23)42(39,40)36(27-15-17-29(18-16-27)41-28-7-5-4-6-8-28)22-31(37)35(24(2)32(38)34-3)21-25-11-13-26(33)14-12-25/h4-20,24H,21-22H2,1-3H3,(H,34,38)/t24-/m0/s1. The number of hydrogen-bond donors (Lipinski definition) is 1. The SMILES string of the molecule is CNC(=O)[C@H](C)N(Cc1ccc(Br)cc1)C(=O)CN(c1ccc(Oc2ccccc2)cc1)S(=O)(=O)c1ccc(C)cc1. The maximum absolute atomic E-state index is 14.0. The number of halogens is 1. The molecule has 0 heterocycles. The van der Waals surface area contributed by atoms with Crippen LogP contribution in [0.3, 0.4) is 0 Å². The summed E-state index contributed by atoms with van der Waals surface area (Å²) in [6.07, 6.45) is 0. The lowest BCUT2D eigenvalue weighted by atomic mass is 10.1. The number of anilines is 1. The molecule has 0 aliphatic heterocycles. The zero-order valence-electron chi connectivity index (χ0n) is 23.5. The monoisotopic (exact) mass is 649 g/mol. The molecule has 8 nitrogen and oxygen atoms in total. The second-order valence-electron chi connectivity index (χ2n) is 9.67. The number of amides is 2. The highest BCUT2D eigenvalue weighted by Gasteiger charge is 2.32. The summed E-state index contributed by atoms with van der Waals surface area (Å²) >= 11 is 3.41. The minimum absolute atomic E-state index is 0.0457. The van der Waals surface area contributed by atoms with E-state index < -0.39 is 28.5 Å². The van der Waals surface area contributed by atoms with Gasteiger partial charge < -0.3 is 15.0 Å². The molecule has 0 aliphatic carbocycles. The molecule has 0 radical (unpaired) electrons. The van der Waals surface area contributed by atoms with Crippen molar-refractivity contribution in [3.8, 4) is 11.5 Å². The molecule has 0 aromatic heterocycles. The van der Waals surface area contributed by atoms with Crippen molar-refractivity contribution in [2.75, 3.05) is 17.9 Å². The Balaban J connectivity index is 1.69. The summed E-state index contributed by atoms with van der Waals surface area (Å²) in [5, 5.41) is 2.58. The van der Waals surface area contributed by atoms with Gasteiger partial charge in [0, 0.05) is 18.1 Å². The minimum Gasteiger partial charge on any atom is -0.457 e. The summed E-state index contributed by atoms with van der Waals surface area (Å²) in [5.41, 5.74) is 1.97.